The lowest BCUT2D eigenvalue weighted by atomic mass is 9.92. The van der Waals surface area contributed by atoms with E-state index in [2.05, 4.69) is 22.7 Å². The Balaban J connectivity index is 0.00000192. The summed E-state index contributed by atoms with van der Waals surface area (Å²) < 4.78 is 1.83. The van der Waals surface area contributed by atoms with Crippen molar-refractivity contribution < 1.29 is 4.79 Å². The summed E-state index contributed by atoms with van der Waals surface area (Å²) in [7, 11) is 0. The van der Waals surface area contributed by atoms with Gasteiger partial charge in [-0.3, -0.25) is 4.79 Å². The summed E-state index contributed by atoms with van der Waals surface area (Å²) in [5.74, 6) is 0.275. The van der Waals surface area contributed by atoms with Gasteiger partial charge in [0.15, 0.2) is 0 Å². The molecule has 2 heterocycles. The Hall–Kier alpha value is -1.85. The van der Waals surface area contributed by atoms with Crippen LogP contribution in [-0.4, -0.2) is 28.3 Å². The van der Waals surface area contributed by atoms with E-state index in [0.29, 0.717) is 12.6 Å². The molecular formula is C17H23ClN4O. The van der Waals surface area contributed by atoms with Crippen molar-refractivity contribution in [2.75, 3.05) is 6.54 Å². The third kappa shape index (κ3) is 4.33. The number of amides is 1. The van der Waals surface area contributed by atoms with Crippen LogP contribution in [0.3, 0.4) is 0 Å². The van der Waals surface area contributed by atoms with Crippen molar-refractivity contribution in [2.45, 2.75) is 32.4 Å². The molecule has 0 spiro atoms. The summed E-state index contributed by atoms with van der Waals surface area (Å²) in [5.41, 5.74) is 2.08. The number of hydrogen-bond acceptors (Lipinski definition) is 3. The molecule has 3 rings (SSSR count). The summed E-state index contributed by atoms with van der Waals surface area (Å²) in [6.07, 6.45) is 5.49. The molecule has 2 aromatic rings. The minimum Gasteiger partial charge on any atom is -0.352 e. The number of para-hydroxylation sites is 1. The average Bonchev–Trinajstić information content (AvgIpc) is 3.07. The Morgan fingerprint density at radius 2 is 2.22 bits per heavy atom. The van der Waals surface area contributed by atoms with Crippen molar-refractivity contribution >= 4 is 18.3 Å². The second-order valence-electron chi connectivity index (χ2n) is 5.87. The van der Waals surface area contributed by atoms with E-state index in [1.54, 1.807) is 6.20 Å². The first-order chi connectivity index (χ1) is 10.7. The zero-order valence-corrected chi connectivity index (χ0v) is 14.1. The van der Waals surface area contributed by atoms with Gasteiger partial charge in [-0.25, -0.2) is 4.68 Å². The number of carbonyl (C=O) groups excluding carboxylic acids is 1. The van der Waals surface area contributed by atoms with Gasteiger partial charge in [-0.1, -0.05) is 18.2 Å². The zero-order valence-electron chi connectivity index (χ0n) is 13.2. The van der Waals surface area contributed by atoms with Crippen LogP contribution in [0.1, 0.15) is 25.3 Å². The molecular weight excluding hydrogens is 312 g/mol. The first kappa shape index (κ1) is 17.5. The largest absolute Gasteiger partial charge is 0.352 e. The SMILES string of the molecule is C[C@H]1C[C@@H](C(=O)NCc2ccccc2-n2cccn2)CCN1.Cl. The third-order valence-electron chi connectivity index (χ3n) is 4.19. The summed E-state index contributed by atoms with van der Waals surface area (Å²) in [6.45, 7) is 3.59. The molecule has 0 radical (unpaired) electrons. The molecule has 0 unspecified atom stereocenters. The first-order valence-corrected chi connectivity index (χ1v) is 7.83. The molecule has 0 bridgehead atoms. The van der Waals surface area contributed by atoms with Crippen LogP contribution in [0.4, 0.5) is 0 Å². The van der Waals surface area contributed by atoms with Gasteiger partial charge < -0.3 is 10.6 Å². The fourth-order valence-electron chi connectivity index (χ4n) is 2.99. The molecule has 1 amide bonds. The average molecular weight is 335 g/mol. The van der Waals surface area contributed by atoms with E-state index in [1.807, 2.05) is 41.2 Å². The highest BCUT2D eigenvalue weighted by Crippen LogP contribution is 2.17. The van der Waals surface area contributed by atoms with E-state index in [4.69, 9.17) is 0 Å². The number of halogens is 1. The Kier molecular flexibility index (Phi) is 6.19. The van der Waals surface area contributed by atoms with Gasteiger partial charge in [-0.2, -0.15) is 5.10 Å². The molecule has 6 heteroatoms. The second-order valence-corrected chi connectivity index (χ2v) is 5.87. The summed E-state index contributed by atoms with van der Waals surface area (Å²) in [5, 5.41) is 10.7. The minimum absolute atomic E-state index is 0. The maximum Gasteiger partial charge on any atom is 0.223 e. The number of hydrogen-bond donors (Lipinski definition) is 2. The molecule has 1 fully saturated rings. The molecule has 0 saturated carbocycles. The summed E-state index contributed by atoms with van der Waals surface area (Å²) >= 11 is 0. The van der Waals surface area contributed by atoms with Gasteiger partial charge in [0, 0.05) is 30.9 Å². The van der Waals surface area contributed by atoms with Crippen molar-refractivity contribution in [3.05, 3.63) is 48.3 Å². The molecule has 5 nitrogen and oxygen atoms in total. The van der Waals surface area contributed by atoms with E-state index in [1.165, 1.54) is 0 Å². The lowest BCUT2D eigenvalue weighted by molar-refractivity contribution is -0.126. The molecule has 2 atom stereocenters. The van der Waals surface area contributed by atoms with Crippen molar-refractivity contribution in [2.24, 2.45) is 5.92 Å². The first-order valence-electron chi connectivity index (χ1n) is 7.83. The van der Waals surface area contributed by atoms with Gasteiger partial charge in [0.05, 0.1) is 5.69 Å². The lowest BCUT2D eigenvalue weighted by Crippen LogP contribution is -2.42. The Labute approximate surface area is 142 Å². The summed E-state index contributed by atoms with van der Waals surface area (Å²) in [6, 6.07) is 10.3. The molecule has 1 aliphatic heterocycles. The normalized spacial score (nSPS) is 20.6. The number of nitrogens with zero attached hydrogens (tertiary/aromatic N) is 2. The fourth-order valence-corrected chi connectivity index (χ4v) is 2.99. The quantitative estimate of drug-likeness (QED) is 0.902. The van der Waals surface area contributed by atoms with Crippen LogP contribution in [-0.2, 0) is 11.3 Å². The Morgan fingerprint density at radius 1 is 1.39 bits per heavy atom. The third-order valence-corrected chi connectivity index (χ3v) is 4.19. The molecule has 1 aliphatic rings. The van der Waals surface area contributed by atoms with Crippen LogP contribution in [0.15, 0.2) is 42.7 Å². The molecule has 1 saturated heterocycles. The van der Waals surface area contributed by atoms with Gasteiger partial charge >= 0.3 is 0 Å². The van der Waals surface area contributed by atoms with Gasteiger partial charge in [-0.15, -0.1) is 12.4 Å². The van der Waals surface area contributed by atoms with Crippen molar-refractivity contribution in [1.82, 2.24) is 20.4 Å². The monoisotopic (exact) mass is 334 g/mol. The maximum absolute atomic E-state index is 12.4. The maximum atomic E-state index is 12.4. The second kappa shape index (κ2) is 8.13. The van der Waals surface area contributed by atoms with Crippen molar-refractivity contribution in [1.29, 1.82) is 0 Å². The zero-order chi connectivity index (χ0) is 15.4. The fraction of sp³-hybridized carbons (Fsp3) is 0.412. The van der Waals surface area contributed by atoms with Gasteiger partial charge in [0.1, 0.15) is 0 Å². The number of carbonyl (C=O) groups is 1. The number of benzene rings is 1. The number of aromatic nitrogens is 2. The minimum atomic E-state index is 0. The van der Waals surface area contributed by atoms with Crippen LogP contribution < -0.4 is 10.6 Å². The van der Waals surface area contributed by atoms with Crippen LogP contribution in [0.2, 0.25) is 0 Å². The lowest BCUT2D eigenvalue weighted by Gasteiger charge is -2.27. The van der Waals surface area contributed by atoms with Crippen LogP contribution in [0, 0.1) is 5.92 Å². The Bertz CT molecular complexity index is 629. The molecule has 2 N–H and O–H groups in total. The number of nitrogens with one attached hydrogen (secondary N) is 2. The van der Waals surface area contributed by atoms with Crippen molar-refractivity contribution in [3.63, 3.8) is 0 Å². The molecule has 124 valence electrons. The van der Waals surface area contributed by atoms with E-state index >= 15 is 0 Å². The number of piperidine rings is 1. The highest BCUT2D eigenvalue weighted by atomic mass is 35.5. The van der Waals surface area contributed by atoms with E-state index in [-0.39, 0.29) is 24.2 Å². The Morgan fingerprint density at radius 3 is 2.96 bits per heavy atom. The predicted molar refractivity (Wildman–Crippen MR) is 92.8 cm³/mol. The van der Waals surface area contributed by atoms with Crippen molar-refractivity contribution in [3.8, 4) is 5.69 Å². The van der Waals surface area contributed by atoms with Crippen LogP contribution >= 0.6 is 12.4 Å². The van der Waals surface area contributed by atoms with Crippen LogP contribution in [0.25, 0.3) is 5.69 Å². The number of rotatable bonds is 4. The molecule has 23 heavy (non-hydrogen) atoms. The van der Waals surface area contributed by atoms with Gasteiger partial charge in [0.2, 0.25) is 5.91 Å². The van der Waals surface area contributed by atoms with Gasteiger partial charge in [0.25, 0.3) is 0 Å². The van der Waals surface area contributed by atoms with E-state index in [0.717, 1.165) is 30.6 Å². The predicted octanol–water partition coefficient (Wildman–Crippen LogP) is 2.30. The molecule has 0 aliphatic carbocycles. The smallest absolute Gasteiger partial charge is 0.223 e. The van der Waals surface area contributed by atoms with Crippen LogP contribution in [0.5, 0.6) is 0 Å². The summed E-state index contributed by atoms with van der Waals surface area (Å²) in [4.78, 5) is 12.4. The highest BCUT2D eigenvalue weighted by Gasteiger charge is 2.24. The topological polar surface area (TPSA) is 59.0 Å². The highest BCUT2D eigenvalue weighted by molar-refractivity contribution is 5.85. The molecule has 1 aromatic heterocycles. The van der Waals surface area contributed by atoms with Gasteiger partial charge in [-0.05, 0) is 44.0 Å². The molecule has 1 aromatic carbocycles. The van der Waals surface area contributed by atoms with E-state index < -0.39 is 0 Å². The van der Waals surface area contributed by atoms with E-state index in [9.17, 15) is 4.79 Å². The standard InChI is InChI=1S/C17H22N4O.ClH/c1-13-11-14(7-9-18-13)17(22)19-12-15-5-2-3-6-16(15)21-10-4-8-20-21;/h2-6,8,10,13-14,18H,7,9,11-12H2,1H3,(H,19,22);1H/t13-,14-;/m0./s1.